The number of rotatable bonds is 4. The van der Waals surface area contributed by atoms with Gasteiger partial charge in [0.15, 0.2) is 11.9 Å². The van der Waals surface area contributed by atoms with Crippen LogP contribution >= 0.6 is 11.6 Å². The summed E-state index contributed by atoms with van der Waals surface area (Å²) in [6.07, 6.45) is -4.41. The molecule has 0 saturated carbocycles. The van der Waals surface area contributed by atoms with Crippen LogP contribution in [-0.2, 0) is 0 Å². The fourth-order valence-electron chi connectivity index (χ4n) is 2.34. The summed E-state index contributed by atoms with van der Waals surface area (Å²) >= 11 is 5.82. The van der Waals surface area contributed by atoms with Gasteiger partial charge in [-0.25, -0.2) is 0 Å². The summed E-state index contributed by atoms with van der Waals surface area (Å²) in [5, 5.41) is 30.8. The van der Waals surface area contributed by atoms with E-state index in [4.69, 9.17) is 16.7 Å². The van der Waals surface area contributed by atoms with Crippen LogP contribution in [0.1, 0.15) is 0 Å². The molecule has 1 aromatic carbocycles. The lowest BCUT2D eigenvalue weighted by atomic mass is 10.1. The van der Waals surface area contributed by atoms with Gasteiger partial charge in [0.05, 0.1) is 6.54 Å². The Kier molecular flexibility index (Phi) is 4.84. The lowest BCUT2D eigenvalue weighted by Gasteiger charge is -2.16. The van der Waals surface area contributed by atoms with Crippen LogP contribution in [-0.4, -0.2) is 44.2 Å². The zero-order valence-corrected chi connectivity index (χ0v) is 13.8. The molecule has 2 heterocycles. The molecule has 0 unspecified atom stereocenters. The van der Waals surface area contributed by atoms with Crippen LogP contribution in [0.5, 0.6) is 5.75 Å². The van der Waals surface area contributed by atoms with Gasteiger partial charge in [0.1, 0.15) is 11.4 Å². The van der Waals surface area contributed by atoms with Crippen molar-refractivity contribution in [2.75, 3.05) is 11.9 Å². The molecule has 6 nitrogen and oxygen atoms in total. The van der Waals surface area contributed by atoms with Gasteiger partial charge in [-0.15, -0.1) is 10.2 Å². The van der Waals surface area contributed by atoms with Crippen molar-refractivity contribution in [2.45, 2.75) is 12.3 Å². The molecule has 0 aliphatic heterocycles. The Morgan fingerprint density at radius 2 is 1.92 bits per heavy atom. The number of anilines is 1. The highest BCUT2D eigenvalue weighted by Gasteiger charge is 2.38. The topological polar surface area (TPSA) is 91.2 Å². The highest BCUT2D eigenvalue weighted by atomic mass is 35.5. The number of hydrogen-bond acceptors (Lipinski definition) is 6. The minimum Gasteiger partial charge on any atom is -0.507 e. The Balaban J connectivity index is 2.02. The molecule has 26 heavy (non-hydrogen) atoms. The number of pyridine rings is 1. The Labute approximate surface area is 150 Å². The van der Waals surface area contributed by atoms with E-state index in [0.29, 0.717) is 27.1 Å². The Hall–Kier alpha value is -2.65. The number of halogens is 4. The van der Waals surface area contributed by atoms with Crippen molar-refractivity contribution < 1.29 is 23.4 Å². The standard InChI is InChI=1S/C16H12ClF3N4O2/c17-8-1-2-10(12(25)5-8)14-9-3-4-21-6-11(9)15(24-23-14)22-7-13(26)16(18,19)20/h1-6,13,25-26H,7H2,(H,22,24)/t13-/m0/s1. The normalized spacial score (nSPS) is 13.0. The van der Waals surface area contributed by atoms with Crippen LogP contribution in [0, 0.1) is 0 Å². The van der Waals surface area contributed by atoms with Gasteiger partial charge >= 0.3 is 6.18 Å². The maximum atomic E-state index is 12.5. The molecule has 2 aromatic heterocycles. The number of phenolic OH excluding ortho intramolecular Hbond substituents is 1. The van der Waals surface area contributed by atoms with Crippen molar-refractivity contribution in [3.8, 4) is 17.0 Å². The number of alkyl halides is 3. The van der Waals surface area contributed by atoms with Gasteiger partial charge in [-0.2, -0.15) is 13.2 Å². The highest BCUT2D eigenvalue weighted by molar-refractivity contribution is 6.30. The fraction of sp³-hybridized carbons (Fsp3) is 0.188. The Bertz CT molecular complexity index is 952. The van der Waals surface area contributed by atoms with E-state index >= 15 is 0 Å². The van der Waals surface area contributed by atoms with E-state index in [1.54, 1.807) is 18.2 Å². The van der Waals surface area contributed by atoms with Gasteiger partial charge < -0.3 is 15.5 Å². The monoisotopic (exact) mass is 384 g/mol. The molecular weight excluding hydrogens is 373 g/mol. The summed E-state index contributed by atoms with van der Waals surface area (Å²) in [5.74, 6) is -0.0771. The second-order valence-corrected chi connectivity index (χ2v) is 5.85. The van der Waals surface area contributed by atoms with E-state index in [2.05, 4.69) is 20.5 Å². The third-order valence-corrected chi connectivity index (χ3v) is 3.87. The van der Waals surface area contributed by atoms with Crippen molar-refractivity contribution in [2.24, 2.45) is 0 Å². The quantitative estimate of drug-likeness (QED) is 0.638. The summed E-state index contributed by atoms with van der Waals surface area (Å²) in [6, 6.07) is 6.06. The van der Waals surface area contributed by atoms with Crippen LogP contribution in [0.3, 0.4) is 0 Å². The molecule has 3 aromatic rings. The zero-order valence-electron chi connectivity index (χ0n) is 13.0. The maximum absolute atomic E-state index is 12.5. The predicted molar refractivity (Wildman–Crippen MR) is 90.0 cm³/mol. The molecular formula is C16H12ClF3N4O2. The minimum absolute atomic E-state index is 0.0357. The molecule has 0 radical (unpaired) electrons. The smallest absolute Gasteiger partial charge is 0.416 e. The van der Waals surface area contributed by atoms with Crippen LogP contribution in [0.15, 0.2) is 36.7 Å². The molecule has 1 atom stereocenters. The van der Waals surface area contributed by atoms with Crippen molar-refractivity contribution >= 4 is 28.2 Å². The van der Waals surface area contributed by atoms with Gasteiger partial charge in [0, 0.05) is 33.8 Å². The average molecular weight is 385 g/mol. The SMILES string of the molecule is Oc1cc(Cl)ccc1-c1nnc(NC[C@H](O)C(F)(F)F)c2cnccc12. The first-order valence-electron chi connectivity index (χ1n) is 7.35. The number of aromatic nitrogens is 3. The predicted octanol–water partition coefficient (Wildman–Crippen LogP) is 3.39. The summed E-state index contributed by atoms with van der Waals surface area (Å²) in [6.45, 7) is -0.784. The molecule has 10 heteroatoms. The van der Waals surface area contributed by atoms with Gasteiger partial charge in [0.25, 0.3) is 0 Å². The van der Waals surface area contributed by atoms with Gasteiger partial charge in [0.2, 0.25) is 0 Å². The van der Waals surface area contributed by atoms with Crippen LogP contribution in [0.4, 0.5) is 19.0 Å². The maximum Gasteiger partial charge on any atom is 0.416 e. The second kappa shape index (κ2) is 6.93. The number of nitrogens with one attached hydrogen (secondary N) is 1. The van der Waals surface area contributed by atoms with Crippen LogP contribution in [0.25, 0.3) is 22.0 Å². The lowest BCUT2D eigenvalue weighted by molar-refractivity contribution is -0.198. The first kappa shape index (κ1) is 18.2. The van der Waals surface area contributed by atoms with Crippen molar-refractivity contribution in [3.05, 3.63) is 41.7 Å². The molecule has 3 rings (SSSR count). The second-order valence-electron chi connectivity index (χ2n) is 5.42. The van der Waals surface area contributed by atoms with Crippen molar-refractivity contribution in [3.63, 3.8) is 0 Å². The van der Waals surface area contributed by atoms with E-state index in [1.165, 1.54) is 18.5 Å². The Morgan fingerprint density at radius 1 is 1.15 bits per heavy atom. The number of fused-ring (bicyclic) bond motifs is 1. The van der Waals surface area contributed by atoms with E-state index in [-0.39, 0.29) is 11.6 Å². The zero-order chi connectivity index (χ0) is 18.9. The van der Waals surface area contributed by atoms with Gasteiger partial charge in [-0.05, 0) is 24.3 Å². The number of benzene rings is 1. The number of hydrogen-bond donors (Lipinski definition) is 3. The summed E-state index contributed by atoms with van der Waals surface area (Å²) < 4.78 is 37.4. The van der Waals surface area contributed by atoms with E-state index in [9.17, 15) is 18.3 Å². The third-order valence-electron chi connectivity index (χ3n) is 3.64. The first-order chi connectivity index (χ1) is 12.3. The molecule has 0 aliphatic rings. The van der Waals surface area contributed by atoms with E-state index in [1.807, 2.05) is 0 Å². The Morgan fingerprint density at radius 3 is 2.62 bits per heavy atom. The average Bonchev–Trinajstić information content (AvgIpc) is 2.59. The molecule has 0 fully saturated rings. The number of aliphatic hydroxyl groups excluding tert-OH is 1. The lowest BCUT2D eigenvalue weighted by Crippen LogP contribution is -2.35. The molecule has 0 spiro atoms. The third kappa shape index (κ3) is 3.63. The summed E-state index contributed by atoms with van der Waals surface area (Å²) in [5.41, 5.74) is 0.679. The molecule has 0 bridgehead atoms. The minimum atomic E-state index is -4.75. The number of phenols is 1. The van der Waals surface area contributed by atoms with Crippen LogP contribution in [0.2, 0.25) is 5.02 Å². The number of aliphatic hydroxyl groups is 1. The first-order valence-corrected chi connectivity index (χ1v) is 7.73. The van der Waals surface area contributed by atoms with Gasteiger partial charge in [-0.3, -0.25) is 4.98 Å². The number of aromatic hydroxyl groups is 1. The molecule has 136 valence electrons. The largest absolute Gasteiger partial charge is 0.507 e. The van der Waals surface area contributed by atoms with Crippen molar-refractivity contribution in [1.82, 2.24) is 15.2 Å². The summed E-state index contributed by atoms with van der Waals surface area (Å²) in [7, 11) is 0. The van der Waals surface area contributed by atoms with E-state index < -0.39 is 18.8 Å². The number of nitrogens with zero attached hydrogens (tertiary/aromatic N) is 3. The highest BCUT2D eigenvalue weighted by Crippen LogP contribution is 2.35. The molecule has 0 aliphatic carbocycles. The molecule has 0 amide bonds. The van der Waals surface area contributed by atoms with Gasteiger partial charge in [-0.1, -0.05) is 11.6 Å². The van der Waals surface area contributed by atoms with Crippen LogP contribution < -0.4 is 5.32 Å². The van der Waals surface area contributed by atoms with E-state index in [0.717, 1.165) is 0 Å². The summed E-state index contributed by atoms with van der Waals surface area (Å²) in [4.78, 5) is 3.94. The molecule has 3 N–H and O–H groups in total. The van der Waals surface area contributed by atoms with Crippen molar-refractivity contribution in [1.29, 1.82) is 0 Å². The molecule has 0 saturated heterocycles. The fourth-order valence-corrected chi connectivity index (χ4v) is 2.51.